The summed E-state index contributed by atoms with van der Waals surface area (Å²) >= 11 is 4.48. The van der Waals surface area contributed by atoms with E-state index in [1.807, 2.05) is 24.3 Å². The molecule has 2 aromatic heterocycles. The summed E-state index contributed by atoms with van der Waals surface area (Å²) in [6, 6.07) is 7.91. The van der Waals surface area contributed by atoms with Gasteiger partial charge in [-0.15, -0.1) is 22.7 Å². The van der Waals surface area contributed by atoms with Crippen LogP contribution >= 0.6 is 34.4 Å². The molecule has 1 aliphatic rings. The molecule has 0 fully saturated rings. The molecule has 0 bridgehead atoms. The minimum absolute atomic E-state index is 0.140. The highest BCUT2D eigenvalue weighted by molar-refractivity contribution is 8.01. The number of nitrogens with zero attached hydrogens (tertiary/aromatic N) is 1. The van der Waals surface area contributed by atoms with Crippen LogP contribution in [0, 0.1) is 0 Å². The smallest absolute Gasteiger partial charge is 0.341 e. The molecule has 0 radical (unpaired) electrons. The number of thiophene rings is 1. The molecule has 4 rings (SSSR count). The zero-order valence-corrected chi connectivity index (χ0v) is 16.5. The monoisotopic (exact) mass is 404 g/mol. The van der Waals surface area contributed by atoms with Crippen LogP contribution in [-0.4, -0.2) is 29.7 Å². The van der Waals surface area contributed by atoms with Gasteiger partial charge in [0, 0.05) is 4.88 Å². The summed E-state index contributed by atoms with van der Waals surface area (Å²) in [7, 11) is 1.37. The van der Waals surface area contributed by atoms with Crippen LogP contribution < -0.4 is 5.32 Å². The van der Waals surface area contributed by atoms with Gasteiger partial charge < -0.3 is 10.1 Å². The number of methoxy groups -OCH3 is 1. The number of nitrogens with one attached hydrogen (secondary N) is 1. The van der Waals surface area contributed by atoms with Crippen molar-refractivity contribution in [2.75, 3.05) is 18.2 Å². The molecular weight excluding hydrogens is 388 g/mol. The third kappa shape index (κ3) is 3.36. The zero-order chi connectivity index (χ0) is 18.1. The Morgan fingerprint density at radius 2 is 2.12 bits per heavy atom. The Morgan fingerprint density at radius 3 is 2.92 bits per heavy atom. The van der Waals surface area contributed by atoms with Gasteiger partial charge in [0.25, 0.3) is 0 Å². The van der Waals surface area contributed by atoms with Crippen molar-refractivity contribution < 1.29 is 14.3 Å². The number of carbonyl (C=O) groups is 2. The van der Waals surface area contributed by atoms with Crippen molar-refractivity contribution in [2.45, 2.75) is 23.6 Å². The van der Waals surface area contributed by atoms with Gasteiger partial charge in [0.05, 0.1) is 28.6 Å². The molecule has 134 valence electrons. The van der Waals surface area contributed by atoms with Crippen LogP contribution in [0.15, 0.2) is 28.6 Å². The topological polar surface area (TPSA) is 68.3 Å². The molecule has 3 aromatic rings. The number of thiazole rings is 1. The van der Waals surface area contributed by atoms with E-state index in [2.05, 4.69) is 10.3 Å². The van der Waals surface area contributed by atoms with E-state index >= 15 is 0 Å². The normalized spacial score (nSPS) is 13.0. The van der Waals surface area contributed by atoms with Gasteiger partial charge in [-0.3, -0.25) is 4.79 Å². The number of benzene rings is 1. The van der Waals surface area contributed by atoms with Crippen LogP contribution in [0.25, 0.3) is 10.2 Å². The predicted octanol–water partition coefficient (Wildman–Crippen LogP) is 4.36. The lowest BCUT2D eigenvalue weighted by Gasteiger charge is -2.06. The van der Waals surface area contributed by atoms with Gasteiger partial charge in [0.2, 0.25) is 5.91 Å². The van der Waals surface area contributed by atoms with Gasteiger partial charge in [0.1, 0.15) is 5.00 Å². The predicted molar refractivity (Wildman–Crippen MR) is 107 cm³/mol. The molecule has 26 heavy (non-hydrogen) atoms. The number of aromatic nitrogens is 1. The molecule has 1 aliphatic carbocycles. The van der Waals surface area contributed by atoms with Gasteiger partial charge in [-0.05, 0) is 37.0 Å². The van der Waals surface area contributed by atoms with Crippen molar-refractivity contribution >= 4 is 61.5 Å². The number of anilines is 1. The van der Waals surface area contributed by atoms with Crippen LogP contribution in [0.3, 0.4) is 0 Å². The SMILES string of the molecule is COC(=O)c1c(NC(=O)CSc2nc3ccccc3s2)sc2c1CCC2. The van der Waals surface area contributed by atoms with Gasteiger partial charge in [-0.1, -0.05) is 23.9 Å². The molecule has 5 nitrogen and oxygen atoms in total. The molecule has 1 N–H and O–H groups in total. The van der Waals surface area contributed by atoms with Crippen molar-refractivity contribution in [3.05, 3.63) is 40.3 Å². The minimum atomic E-state index is -0.376. The molecule has 0 saturated heterocycles. The second-order valence-corrected chi connectivity index (χ2v) is 9.20. The van der Waals surface area contributed by atoms with Gasteiger partial charge in [0.15, 0.2) is 4.34 Å². The Bertz CT molecular complexity index is 960. The fraction of sp³-hybridized carbons (Fsp3) is 0.278. The van der Waals surface area contributed by atoms with Crippen LogP contribution in [0.2, 0.25) is 0 Å². The van der Waals surface area contributed by atoms with E-state index in [9.17, 15) is 9.59 Å². The summed E-state index contributed by atoms with van der Waals surface area (Å²) in [6.07, 6.45) is 2.87. The van der Waals surface area contributed by atoms with Crippen LogP contribution in [0.5, 0.6) is 0 Å². The highest BCUT2D eigenvalue weighted by Gasteiger charge is 2.28. The molecule has 0 unspecified atom stereocenters. The number of aryl methyl sites for hydroxylation is 1. The van der Waals surface area contributed by atoms with E-state index in [1.165, 1.54) is 35.1 Å². The fourth-order valence-electron chi connectivity index (χ4n) is 3.01. The van der Waals surface area contributed by atoms with E-state index < -0.39 is 0 Å². The maximum atomic E-state index is 12.4. The average Bonchev–Trinajstić information content (AvgIpc) is 3.32. The van der Waals surface area contributed by atoms with Crippen molar-refractivity contribution in [3.63, 3.8) is 0 Å². The van der Waals surface area contributed by atoms with Crippen molar-refractivity contribution in [1.29, 1.82) is 0 Å². The molecule has 1 aromatic carbocycles. The molecule has 0 atom stereocenters. The third-order valence-electron chi connectivity index (χ3n) is 4.16. The Balaban J connectivity index is 1.46. The lowest BCUT2D eigenvalue weighted by molar-refractivity contribution is -0.113. The number of fused-ring (bicyclic) bond motifs is 2. The first-order valence-electron chi connectivity index (χ1n) is 8.17. The summed E-state index contributed by atoms with van der Waals surface area (Å²) in [6.45, 7) is 0. The second-order valence-electron chi connectivity index (χ2n) is 5.84. The van der Waals surface area contributed by atoms with E-state index in [-0.39, 0.29) is 17.6 Å². The highest BCUT2D eigenvalue weighted by Crippen LogP contribution is 2.39. The molecule has 1 amide bonds. The fourth-order valence-corrected chi connectivity index (χ4v) is 6.18. The zero-order valence-electron chi connectivity index (χ0n) is 14.0. The number of para-hydroxylation sites is 1. The standard InChI is InChI=1S/C18H16N2O3S3/c1-23-17(22)15-10-5-4-8-12(10)25-16(15)20-14(21)9-24-18-19-11-6-2-3-7-13(11)26-18/h2-3,6-7H,4-5,8-9H2,1H3,(H,20,21). The first-order chi connectivity index (χ1) is 12.7. The Kier molecular flexibility index (Phi) is 4.97. The molecule has 0 spiro atoms. The Morgan fingerprint density at radius 1 is 1.27 bits per heavy atom. The van der Waals surface area contributed by atoms with E-state index in [0.29, 0.717) is 10.6 Å². The third-order valence-corrected chi connectivity index (χ3v) is 7.55. The average molecular weight is 405 g/mol. The second kappa shape index (κ2) is 7.38. The highest BCUT2D eigenvalue weighted by atomic mass is 32.2. The molecule has 2 heterocycles. The quantitative estimate of drug-likeness (QED) is 0.505. The van der Waals surface area contributed by atoms with E-state index in [1.54, 1.807) is 11.3 Å². The summed E-state index contributed by atoms with van der Waals surface area (Å²) in [4.78, 5) is 30.2. The number of esters is 1. The summed E-state index contributed by atoms with van der Waals surface area (Å²) in [5.74, 6) is -0.263. The lowest BCUT2D eigenvalue weighted by Crippen LogP contribution is -2.16. The molecule has 0 aliphatic heterocycles. The van der Waals surface area contributed by atoms with Crippen LogP contribution in [0.4, 0.5) is 5.00 Å². The van der Waals surface area contributed by atoms with E-state index in [0.717, 1.165) is 39.4 Å². The molecule has 0 saturated carbocycles. The Labute approximate surface area is 162 Å². The van der Waals surface area contributed by atoms with Gasteiger partial charge in [-0.25, -0.2) is 9.78 Å². The summed E-state index contributed by atoms with van der Waals surface area (Å²) < 4.78 is 6.88. The number of thioether (sulfide) groups is 1. The number of hydrogen-bond donors (Lipinski definition) is 1. The van der Waals surface area contributed by atoms with Gasteiger partial charge in [-0.2, -0.15) is 0 Å². The maximum Gasteiger partial charge on any atom is 0.341 e. The van der Waals surface area contributed by atoms with E-state index in [4.69, 9.17) is 4.74 Å². The Hall–Kier alpha value is -1.90. The lowest BCUT2D eigenvalue weighted by atomic mass is 10.1. The number of rotatable bonds is 5. The molecule has 8 heteroatoms. The van der Waals surface area contributed by atoms with Crippen LogP contribution in [0.1, 0.15) is 27.2 Å². The number of hydrogen-bond acceptors (Lipinski definition) is 7. The number of ether oxygens (including phenoxy) is 1. The van der Waals surface area contributed by atoms with Crippen molar-refractivity contribution in [3.8, 4) is 0 Å². The number of carbonyl (C=O) groups excluding carboxylic acids is 2. The van der Waals surface area contributed by atoms with Crippen molar-refractivity contribution in [2.24, 2.45) is 0 Å². The summed E-state index contributed by atoms with van der Waals surface area (Å²) in [5, 5.41) is 3.50. The minimum Gasteiger partial charge on any atom is -0.465 e. The van der Waals surface area contributed by atoms with Gasteiger partial charge >= 0.3 is 5.97 Å². The van der Waals surface area contributed by atoms with Crippen molar-refractivity contribution in [1.82, 2.24) is 4.98 Å². The first-order valence-corrected chi connectivity index (χ1v) is 10.8. The van der Waals surface area contributed by atoms with Crippen LogP contribution in [-0.2, 0) is 22.4 Å². The molecular formula is C18H16N2O3S3. The maximum absolute atomic E-state index is 12.4. The largest absolute Gasteiger partial charge is 0.465 e. The first kappa shape index (κ1) is 17.5. The number of amides is 1. The summed E-state index contributed by atoms with van der Waals surface area (Å²) in [5.41, 5.74) is 2.52.